The van der Waals surface area contributed by atoms with Gasteiger partial charge in [0.25, 0.3) is 5.91 Å². The van der Waals surface area contributed by atoms with Crippen LogP contribution >= 0.6 is 11.8 Å². The summed E-state index contributed by atoms with van der Waals surface area (Å²) in [5.74, 6) is 0.231. The number of thioether (sulfide) groups is 1. The van der Waals surface area contributed by atoms with Gasteiger partial charge in [0.05, 0.1) is 22.8 Å². The fraction of sp³-hybridized carbons (Fsp3) is 0.316. The summed E-state index contributed by atoms with van der Waals surface area (Å²) in [4.78, 5) is 31.9. The number of hydrogen-bond donors (Lipinski definition) is 2. The van der Waals surface area contributed by atoms with E-state index in [-0.39, 0.29) is 17.1 Å². The van der Waals surface area contributed by atoms with Gasteiger partial charge in [0.2, 0.25) is 5.91 Å². The Morgan fingerprint density at radius 3 is 2.81 bits per heavy atom. The van der Waals surface area contributed by atoms with Crippen molar-refractivity contribution in [1.82, 2.24) is 4.98 Å². The summed E-state index contributed by atoms with van der Waals surface area (Å²) in [7, 11) is 0. The first-order chi connectivity index (χ1) is 12.6. The first-order valence-corrected chi connectivity index (χ1v) is 9.62. The molecule has 0 radical (unpaired) electrons. The van der Waals surface area contributed by atoms with Gasteiger partial charge in [-0.05, 0) is 50.1 Å². The molecule has 0 saturated carbocycles. The molecule has 0 aliphatic carbocycles. The third kappa shape index (κ3) is 3.39. The number of amides is 2. The normalized spacial score (nSPS) is 19.0. The van der Waals surface area contributed by atoms with E-state index in [1.165, 1.54) is 24.6 Å². The molecular weight excluding hydrogens is 348 g/mol. The molecule has 1 fully saturated rings. The molecule has 6 nitrogen and oxygen atoms in total. The number of nitrogens with zero attached hydrogens (tertiary/aromatic N) is 2. The van der Waals surface area contributed by atoms with E-state index >= 15 is 0 Å². The number of pyridine rings is 1. The zero-order valence-electron chi connectivity index (χ0n) is 14.5. The van der Waals surface area contributed by atoms with Gasteiger partial charge in [0.15, 0.2) is 0 Å². The molecule has 134 valence electrons. The van der Waals surface area contributed by atoms with Gasteiger partial charge >= 0.3 is 0 Å². The Bertz CT molecular complexity index is 847. The van der Waals surface area contributed by atoms with E-state index in [4.69, 9.17) is 0 Å². The van der Waals surface area contributed by atoms with Crippen LogP contribution < -0.4 is 15.5 Å². The summed E-state index contributed by atoms with van der Waals surface area (Å²) in [6.07, 6.45) is 4.22. The molecule has 1 atom stereocenters. The quantitative estimate of drug-likeness (QED) is 0.869. The van der Waals surface area contributed by atoms with Crippen molar-refractivity contribution in [3.63, 3.8) is 0 Å². The molecule has 2 aliphatic heterocycles. The Balaban J connectivity index is 1.46. The summed E-state index contributed by atoms with van der Waals surface area (Å²) in [6, 6.07) is 9.15. The van der Waals surface area contributed by atoms with Crippen LogP contribution in [-0.4, -0.2) is 35.1 Å². The molecular formula is C19H20N4O2S. The maximum atomic E-state index is 12.5. The highest BCUT2D eigenvalue weighted by Gasteiger charge is 2.23. The topological polar surface area (TPSA) is 74.3 Å². The summed E-state index contributed by atoms with van der Waals surface area (Å²) in [5.41, 5.74) is 2.26. The molecule has 0 spiro atoms. The largest absolute Gasteiger partial charge is 0.370 e. The monoisotopic (exact) mass is 368 g/mol. The first kappa shape index (κ1) is 16.9. The van der Waals surface area contributed by atoms with Crippen molar-refractivity contribution < 1.29 is 9.59 Å². The van der Waals surface area contributed by atoms with Gasteiger partial charge in [-0.2, -0.15) is 0 Å². The lowest BCUT2D eigenvalue weighted by molar-refractivity contribution is -0.115. The number of fused-ring (bicyclic) bond motifs is 1. The zero-order chi connectivity index (χ0) is 18.1. The second kappa shape index (κ2) is 6.99. The van der Waals surface area contributed by atoms with Gasteiger partial charge in [0.1, 0.15) is 5.82 Å². The number of benzene rings is 1. The molecule has 2 aromatic rings. The minimum atomic E-state index is -0.243. The molecule has 3 heterocycles. The molecule has 7 heteroatoms. The smallest absolute Gasteiger partial charge is 0.256 e. The predicted molar refractivity (Wildman–Crippen MR) is 104 cm³/mol. The van der Waals surface area contributed by atoms with Crippen LogP contribution in [0.3, 0.4) is 0 Å². The van der Waals surface area contributed by atoms with Gasteiger partial charge in [-0.1, -0.05) is 0 Å². The number of aromatic nitrogens is 1. The van der Waals surface area contributed by atoms with Crippen molar-refractivity contribution in [2.24, 2.45) is 0 Å². The number of hydrogen-bond acceptors (Lipinski definition) is 5. The van der Waals surface area contributed by atoms with Crippen molar-refractivity contribution in [2.75, 3.05) is 28.6 Å². The predicted octanol–water partition coefficient (Wildman–Crippen LogP) is 3.37. The van der Waals surface area contributed by atoms with Gasteiger partial charge in [-0.25, -0.2) is 4.98 Å². The molecule has 1 saturated heterocycles. The van der Waals surface area contributed by atoms with Gasteiger partial charge in [-0.15, -0.1) is 11.8 Å². The second-order valence-corrected chi connectivity index (χ2v) is 7.89. The lowest BCUT2D eigenvalue weighted by Gasteiger charge is -2.21. The lowest BCUT2D eigenvalue weighted by atomic mass is 10.1. The minimum absolute atomic E-state index is 0.0424. The third-order valence-electron chi connectivity index (χ3n) is 4.63. The lowest BCUT2D eigenvalue weighted by Crippen LogP contribution is -2.26. The molecule has 2 N–H and O–H groups in total. The first-order valence-electron chi connectivity index (χ1n) is 8.74. The molecule has 1 aromatic heterocycles. The maximum absolute atomic E-state index is 12.5. The Morgan fingerprint density at radius 1 is 1.27 bits per heavy atom. The van der Waals surface area contributed by atoms with E-state index < -0.39 is 0 Å². The highest BCUT2D eigenvalue weighted by molar-refractivity contribution is 8.00. The third-order valence-corrected chi connectivity index (χ3v) is 5.81. The Hall–Kier alpha value is -2.54. The Morgan fingerprint density at radius 2 is 2.08 bits per heavy atom. The van der Waals surface area contributed by atoms with Crippen LogP contribution in [0.5, 0.6) is 0 Å². The van der Waals surface area contributed by atoms with E-state index in [2.05, 4.69) is 20.5 Å². The highest BCUT2D eigenvalue weighted by Crippen LogP contribution is 2.36. The van der Waals surface area contributed by atoms with Crippen LogP contribution in [-0.2, 0) is 4.79 Å². The standard InChI is InChI=1S/C19H20N4O2S/c1-12-18(24)21-15-10-13(4-6-16(15)26-12)19(25)22-17-7-5-14(11-20-17)23-8-2-3-9-23/h4-7,10-12H,2-3,8-9H2,1H3,(H,21,24)(H,20,22,25)/t12-/m1/s1. The summed E-state index contributed by atoms with van der Waals surface area (Å²) in [5, 5.41) is 5.54. The number of carbonyl (C=O) groups is 2. The zero-order valence-corrected chi connectivity index (χ0v) is 15.3. The fourth-order valence-electron chi connectivity index (χ4n) is 3.16. The van der Waals surface area contributed by atoms with Crippen molar-refractivity contribution in [1.29, 1.82) is 0 Å². The maximum Gasteiger partial charge on any atom is 0.256 e. The molecule has 4 rings (SSSR count). The SMILES string of the molecule is C[C@H]1Sc2ccc(C(=O)Nc3ccc(N4CCCC4)cn3)cc2NC1=O. The average molecular weight is 368 g/mol. The van der Waals surface area contributed by atoms with Crippen LogP contribution in [0.1, 0.15) is 30.1 Å². The van der Waals surface area contributed by atoms with E-state index in [1.54, 1.807) is 18.3 Å². The Labute approximate surface area is 156 Å². The van der Waals surface area contributed by atoms with Crippen molar-refractivity contribution in [2.45, 2.75) is 29.9 Å². The average Bonchev–Trinajstić information content (AvgIpc) is 3.17. The molecule has 0 unspecified atom stereocenters. The summed E-state index contributed by atoms with van der Waals surface area (Å²) < 4.78 is 0. The van der Waals surface area contributed by atoms with Gasteiger partial charge < -0.3 is 15.5 Å². The Kier molecular flexibility index (Phi) is 4.55. The summed E-state index contributed by atoms with van der Waals surface area (Å²) in [6.45, 7) is 3.98. The van der Waals surface area contributed by atoms with Gasteiger partial charge in [0, 0.05) is 23.5 Å². The van der Waals surface area contributed by atoms with Crippen LogP contribution in [0.4, 0.5) is 17.2 Å². The van der Waals surface area contributed by atoms with Crippen LogP contribution in [0.15, 0.2) is 41.4 Å². The van der Waals surface area contributed by atoms with Gasteiger partial charge in [-0.3, -0.25) is 9.59 Å². The van der Waals surface area contributed by atoms with E-state index in [0.29, 0.717) is 17.1 Å². The summed E-state index contributed by atoms with van der Waals surface area (Å²) >= 11 is 1.50. The van der Waals surface area contributed by atoms with Crippen LogP contribution in [0.2, 0.25) is 0 Å². The molecule has 2 aliphatic rings. The number of anilines is 3. The van der Waals surface area contributed by atoms with E-state index in [1.807, 2.05) is 25.1 Å². The number of carbonyl (C=O) groups excluding carboxylic acids is 2. The van der Waals surface area contributed by atoms with Crippen LogP contribution in [0.25, 0.3) is 0 Å². The van der Waals surface area contributed by atoms with Crippen LogP contribution in [0, 0.1) is 0 Å². The molecule has 2 amide bonds. The minimum Gasteiger partial charge on any atom is -0.370 e. The van der Waals surface area contributed by atoms with E-state index in [0.717, 1.165) is 23.7 Å². The number of rotatable bonds is 3. The molecule has 1 aromatic carbocycles. The van der Waals surface area contributed by atoms with E-state index in [9.17, 15) is 9.59 Å². The molecule has 26 heavy (non-hydrogen) atoms. The number of nitrogens with one attached hydrogen (secondary N) is 2. The van der Waals surface area contributed by atoms with Crippen molar-refractivity contribution >= 4 is 40.8 Å². The molecule has 0 bridgehead atoms. The highest BCUT2D eigenvalue weighted by atomic mass is 32.2. The fourth-order valence-corrected chi connectivity index (χ4v) is 4.09. The van der Waals surface area contributed by atoms with Crippen molar-refractivity contribution in [3.05, 3.63) is 42.1 Å². The van der Waals surface area contributed by atoms with Crippen molar-refractivity contribution in [3.8, 4) is 0 Å². The second-order valence-electron chi connectivity index (χ2n) is 6.51.